The van der Waals surface area contributed by atoms with Gasteiger partial charge in [0.2, 0.25) is 0 Å². The van der Waals surface area contributed by atoms with Gasteiger partial charge >= 0.3 is 0 Å². The van der Waals surface area contributed by atoms with Crippen LogP contribution in [0.5, 0.6) is 0 Å². The Kier molecular flexibility index (Phi) is 7.37. The zero-order valence-corrected chi connectivity index (χ0v) is 16.9. The third-order valence-corrected chi connectivity index (χ3v) is 5.16. The lowest BCUT2D eigenvalue weighted by Crippen LogP contribution is -2.39. The molecule has 150 valence electrons. The Balaban J connectivity index is 1.55. The SMILES string of the molecule is COCCCNc1cc(C(=O)N2CCC(Cc3ccccc3)CC2)nc(C)n1. The van der Waals surface area contributed by atoms with E-state index < -0.39 is 0 Å². The third-order valence-electron chi connectivity index (χ3n) is 5.16. The molecule has 0 radical (unpaired) electrons. The highest BCUT2D eigenvalue weighted by Gasteiger charge is 2.25. The molecule has 3 rings (SSSR count). The fourth-order valence-corrected chi connectivity index (χ4v) is 3.65. The number of rotatable bonds is 8. The third kappa shape index (κ3) is 5.76. The Labute approximate surface area is 167 Å². The summed E-state index contributed by atoms with van der Waals surface area (Å²) in [6, 6.07) is 12.4. The van der Waals surface area contributed by atoms with Crippen LogP contribution in [0.1, 0.15) is 41.1 Å². The van der Waals surface area contributed by atoms with E-state index in [0.717, 1.165) is 45.3 Å². The van der Waals surface area contributed by atoms with Gasteiger partial charge in [0.05, 0.1) is 0 Å². The number of benzene rings is 1. The number of nitrogens with one attached hydrogen (secondary N) is 1. The number of likely N-dealkylation sites (tertiary alicyclic amines) is 1. The van der Waals surface area contributed by atoms with Gasteiger partial charge in [-0.1, -0.05) is 30.3 Å². The minimum atomic E-state index is 0.00334. The molecule has 2 aromatic rings. The molecule has 2 heterocycles. The van der Waals surface area contributed by atoms with Crippen molar-refractivity contribution >= 4 is 11.7 Å². The van der Waals surface area contributed by atoms with E-state index in [2.05, 4.69) is 45.6 Å². The van der Waals surface area contributed by atoms with Gasteiger partial charge in [0.1, 0.15) is 17.3 Å². The number of carbonyl (C=O) groups is 1. The molecule has 0 spiro atoms. The number of ether oxygens (including phenoxy) is 1. The van der Waals surface area contributed by atoms with E-state index in [4.69, 9.17) is 4.74 Å². The zero-order chi connectivity index (χ0) is 19.8. The van der Waals surface area contributed by atoms with E-state index >= 15 is 0 Å². The lowest BCUT2D eigenvalue weighted by Gasteiger charge is -2.32. The molecule has 1 aliphatic rings. The molecule has 0 saturated carbocycles. The van der Waals surface area contributed by atoms with Crippen LogP contribution < -0.4 is 5.32 Å². The molecule has 0 aliphatic carbocycles. The van der Waals surface area contributed by atoms with Crippen molar-refractivity contribution < 1.29 is 9.53 Å². The van der Waals surface area contributed by atoms with E-state index in [1.807, 2.05) is 11.8 Å². The molecule has 1 N–H and O–H groups in total. The number of anilines is 1. The average Bonchev–Trinajstić information content (AvgIpc) is 2.72. The number of hydrogen-bond donors (Lipinski definition) is 1. The maximum Gasteiger partial charge on any atom is 0.272 e. The molecular formula is C22H30N4O2. The number of amides is 1. The predicted molar refractivity (Wildman–Crippen MR) is 111 cm³/mol. The minimum absolute atomic E-state index is 0.00334. The molecule has 1 aromatic carbocycles. The van der Waals surface area contributed by atoms with Crippen LogP contribution in [0.4, 0.5) is 5.82 Å². The van der Waals surface area contributed by atoms with Gasteiger partial charge in [0, 0.05) is 39.4 Å². The number of carbonyl (C=O) groups excluding carboxylic acids is 1. The number of methoxy groups -OCH3 is 1. The summed E-state index contributed by atoms with van der Waals surface area (Å²) >= 11 is 0. The van der Waals surface area contributed by atoms with Crippen molar-refractivity contribution in [3.8, 4) is 0 Å². The lowest BCUT2D eigenvalue weighted by molar-refractivity contribution is 0.0684. The zero-order valence-electron chi connectivity index (χ0n) is 16.9. The molecule has 1 aromatic heterocycles. The highest BCUT2D eigenvalue weighted by molar-refractivity contribution is 5.93. The molecular weight excluding hydrogens is 352 g/mol. The Bertz CT molecular complexity index is 758. The molecule has 1 aliphatic heterocycles. The molecule has 6 heteroatoms. The molecule has 1 saturated heterocycles. The van der Waals surface area contributed by atoms with Gasteiger partial charge in [-0.05, 0) is 44.1 Å². The summed E-state index contributed by atoms with van der Waals surface area (Å²) in [4.78, 5) is 23.6. The van der Waals surface area contributed by atoms with Crippen LogP contribution in [0.25, 0.3) is 0 Å². The average molecular weight is 383 g/mol. The van der Waals surface area contributed by atoms with Gasteiger partial charge in [0.15, 0.2) is 0 Å². The first-order chi connectivity index (χ1) is 13.7. The van der Waals surface area contributed by atoms with Crippen molar-refractivity contribution in [3.05, 3.63) is 53.5 Å². The van der Waals surface area contributed by atoms with Gasteiger partial charge in [0.25, 0.3) is 5.91 Å². The maximum absolute atomic E-state index is 12.9. The van der Waals surface area contributed by atoms with Crippen molar-refractivity contribution in [1.82, 2.24) is 14.9 Å². The predicted octanol–water partition coefficient (Wildman–Crippen LogP) is 3.33. The van der Waals surface area contributed by atoms with E-state index in [9.17, 15) is 4.79 Å². The van der Waals surface area contributed by atoms with Gasteiger partial charge in [-0.15, -0.1) is 0 Å². The second-order valence-corrected chi connectivity index (χ2v) is 7.38. The van der Waals surface area contributed by atoms with Crippen LogP contribution >= 0.6 is 0 Å². The molecule has 1 fully saturated rings. The van der Waals surface area contributed by atoms with Gasteiger partial charge in [-0.3, -0.25) is 4.79 Å². The molecule has 0 bridgehead atoms. The smallest absolute Gasteiger partial charge is 0.272 e. The monoisotopic (exact) mass is 382 g/mol. The van der Waals surface area contributed by atoms with Crippen LogP contribution in [-0.4, -0.2) is 54.1 Å². The Morgan fingerprint density at radius 3 is 2.68 bits per heavy atom. The largest absolute Gasteiger partial charge is 0.385 e. The van der Waals surface area contributed by atoms with Gasteiger partial charge < -0.3 is 15.0 Å². The summed E-state index contributed by atoms with van der Waals surface area (Å²) in [6.45, 7) is 4.85. The van der Waals surface area contributed by atoms with Crippen molar-refractivity contribution in [2.75, 3.05) is 38.7 Å². The maximum atomic E-state index is 12.9. The van der Waals surface area contributed by atoms with Gasteiger partial charge in [-0.25, -0.2) is 9.97 Å². The van der Waals surface area contributed by atoms with E-state index in [-0.39, 0.29) is 5.91 Å². The number of aryl methyl sites for hydroxylation is 1. The van der Waals surface area contributed by atoms with Crippen LogP contribution in [0.15, 0.2) is 36.4 Å². The van der Waals surface area contributed by atoms with E-state index in [1.54, 1.807) is 13.2 Å². The van der Waals surface area contributed by atoms with E-state index in [0.29, 0.717) is 29.9 Å². The fourth-order valence-electron chi connectivity index (χ4n) is 3.65. The molecule has 28 heavy (non-hydrogen) atoms. The van der Waals surface area contributed by atoms with Crippen molar-refractivity contribution in [2.24, 2.45) is 5.92 Å². The highest BCUT2D eigenvalue weighted by atomic mass is 16.5. The summed E-state index contributed by atoms with van der Waals surface area (Å²) in [6.07, 6.45) is 4.04. The first-order valence-electron chi connectivity index (χ1n) is 10.1. The molecule has 1 amide bonds. The summed E-state index contributed by atoms with van der Waals surface area (Å²) in [5.74, 6) is 1.95. The van der Waals surface area contributed by atoms with Crippen LogP contribution in [0.3, 0.4) is 0 Å². The Morgan fingerprint density at radius 2 is 1.96 bits per heavy atom. The minimum Gasteiger partial charge on any atom is -0.385 e. The lowest BCUT2D eigenvalue weighted by atomic mass is 9.90. The quantitative estimate of drug-likeness (QED) is 0.710. The normalized spacial score (nSPS) is 14.9. The summed E-state index contributed by atoms with van der Waals surface area (Å²) in [5.41, 5.74) is 1.85. The number of aromatic nitrogens is 2. The molecule has 0 unspecified atom stereocenters. The number of hydrogen-bond acceptors (Lipinski definition) is 5. The fraction of sp³-hybridized carbons (Fsp3) is 0.500. The Morgan fingerprint density at radius 1 is 1.21 bits per heavy atom. The van der Waals surface area contributed by atoms with Gasteiger partial charge in [-0.2, -0.15) is 0 Å². The Hall–Kier alpha value is -2.47. The number of piperidine rings is 1. The van der Waals surface area contributed by atoms with Crippen LogP contribution in [0.2, 0.25) is 0 Å². The summed E-state index contributed by atoms with van der Waals surface area (Å²) in [5, 5.41) is 3.25. The second kappa shape index (κ2) is 10.2. The summed E-state index contributed by atoms with van der Waals surface area (Å²) < 4.78 is 5.06. The first kappa shape index (κ1) is 20.3. The van der Waals surface area contributed by atoms with Crippen LogP contribution in [-0.2, 0) is 11.2 Å². The molecule has 0 atom stereocenters. The highest BCUT2D eigenvalue weighted by Crippen LogP contribution is 2.23. The van der Waals surface area contributed by atoms with Crippen molar-refractivity contribution in [1.29, 1.82) is 0 Å². The standard InChI is InChI=1S/C22H30N4O2/c1-17-24-20(16-21(25-17)23-11-6-14-28-2)22(27)26-12-9-19(10-13-26)15-18-7-4-3-5-8-18/h3-5,7-8,16,19H,6,9-15H2,1-2H3,(H,23,24,25). The van der Waals surface area contributed by atoms with Crippen molar-refractivity contribution in [2.45, 2.75) is 32.6 Å². The summed E-state index contributed by atoms with van der Waals surface area (Å²) in [7, 11) is 1.69. The first-order valence-corrected chi connectivity index (χ1v) is 10.1. The molecule has 6 nitrogen and oxygen atoms in total. The van der Waals surface area contributed by atoms with E-state index in [1.165, 1.54) is 5.56 Å². The number of nitrogens with zero attached hydrogens (tertiary/aromatic N) is 3. The van der Waals surface area contributed by atoms with Crippen molar-refractivity contribution in [3.63, 3.8) is 0 Å². The topological polar surface area (TPSA) is 67.3 Å². The van der Waals surface area contributed by atoms with Crippen LogP contribution in [0, 0.1) is 12.8 Å². The second-order valence-electron chi connectivity index (χ2n) is 7.38.